The van der Waals surface area contributed by atoms with Crippen LogP contribution in [0.3, 0.4) is 0 Å². The van der Waals surface area contributed by atoms with Crippen LogP contribution in [0.15, 0.2) is 53.9 Å². The van der Waals surface area contributed by atoms with Crippen LogP contribution in [0.1, 0.15) is 11.3 Å². The van der Waals surface area contributed by atoms with E-state index in [1.54, 1.807) is 31.3 Å². The van der Waals surface area contributed by atoms with Crippen molar-refractivity contribution in [2.24, 2.45) is 0 Å². The molecule has 27 heavy (non-hydrogen) atoms. The Bertz CT molecular complexity index is 990. The maximum Gasteiger partial charge on any atom is 0.274 e. The van der Waals surface area contributed by atoms with Gasteiger partial charge in [-0.2, -0.15) is 0 Å². The van der Waals surface area contributed by atoms with E-state index in [-0.39, 0.29) is 24.6 Å². The fourth-order valence-corrected chi connectivity index (χ4v) is 3.74. The molecule has 0 radical (unpaired) electrons. The maximum atomic E-state index is 12.5. The molecule has 2 aromatic carbocycles. The molecule has 3 rings (SSSR count). The number of nitro groups is 1. The summed E-state index contributed by atoms with van der Waals surface area (Å²) in [5.74, 6) is -0.163. The zero-order valence-corrected chi connectivity index (χ0v) is 16.0. The zero-order chi connectivity index (χ0) is 19.4. The highest BCUT2D eigenvalue weighted by Gasteiger charge is 2.18. The molecule has 0 fully saturated rings. The number of amides is 1. The van der Waals surface area contributed by atoms with Gasteiger partial charge in [0.15, 0.2) is 0 Å². The van der Waals surface area contributed by atoms with E-state index in [2.05, 4.69) is 4.98 Å². The first kappa shape index (κ1) is 19.0. The smallest absolute Gasteiger partial charge is 0.274 e. The predicted octanol–water partition coefficient (Wildman–Crippen LogP) is 4.57. The average molecular weight is 402 g/mol. The molecule has 0 unspecified atom stereocenters. The number of para-hydroxylation sites is 1. The first-order valence-electron chi connectivity index (χ1n) is 8.11. The van der Waals surface area contributed by atoms with Crippen molar-refractivity contribution in [1.29, 1.82) is 0 Å². The van der Waals surface area contributed by atoms with Crippen LogP contribution < -0.4 is 0 Å². The molecule has 0 saturated heterocycles. The second-order valence-corrected chi connectivity index (χ2v) is 7.20. The van der Waals surface area contributed by atoms with Gasteiger partial charge in [0.05, 0.1) is 28.6 Å². The summed E-state index contributed by atoms with van der Waals surface area (Å²) in [6.45, 7) is 0.164. The molecule has 1 heterocycles. The summed E-state index contributed by atoms with van der Waals surface area (Å²) in [5.41, 5.74) is 1.98. The van der Waals surface area contributed by atoms with E-state index >= 15 is 0 Å². The van der Waals surface area contributed by atoms with Crippen molar-refractivity contribution >= 4 is 34.5 Å². The molecule has 1 amide bonds. The number of nitrogens with zero attached hydrogens (tertiary/aromatic N) is 3. The summed E-state index contributed by atoms with van der Waals surface area (Å²) in [6, 6.07) is 13.8. The number of thiazole rings is 1. The number of aromatic nitrogens is 1. The number of benzene rings is 2. The lowest BCUT2D eigenvalue weighted by atomic mass is 10.1. The van der Waals surface area contributed by atoms with Crippen LogP contribution in [0.5, 0.6) is 0 Å². The number of hydrogen-bond donors (Lipinski definition) is 0. The van der Waals surface area contributed by atoms with Crippen LogP contribution >= 0.6 is 22.9 Å². The van der Waals surface area contributed by atoms with Gasteiger partial charge in [0.25, 0.3) is 5.69 Å². The van der Waals surface area contributed by atoms with Crippen LogP contribution in [0.4, 0.5) is 5.69 Å². The highest BCUT2D eigenvalue weighted by Crippen LogP contribution is 2.30. The molecular weight excluding hydrogens is 386 g/mol. The fraction of sp³-hybridized carbons (Fsp3) is 0.158. The number of halogens is 1. The molecule has 3 aromatic rings. The molecule has 0 bridgehead atoms. The van der Waals surface area contributed by atoms with Crippen molar-refractivity contribution in [2.75, 3.05) is 7.05 Å². The van der Waals surface area contributed by atoms with E-state index in [9.17, 15) is 14.9 Å². The van der Waals surface area contributed by atoms with Crippen molar-refractivity contribution in [2.45, 2.75) is 13.0 Å². The Labute approximate surface area is 165 Å². The van der Waals surface area contributed by atoms with E-state index in [0.717, 1.165) is 10.6 Å². The van der Waals surface area contributed by atoms with Crippen molar-refractivity contribution < 1.29 is 9.72 Å². The van der Waals surface area contributed by atoms with Crippen molar-refractivity contribution in [3.8, 4) is 10.6 Å². The molecule has 8 heteroatoms. The molecule has 0 atom stereocenters. The standard InChI is InChI=1S/C19H16ClN3O3S/c1-22(11-13-6-2-5-9-17(13)23(25)26)18(24)10-14-12-27-19(21-14)15-7-3-4-8-16(15)20/h2-9,12H,10-11H2,1H3. The van der Waals surface area contributed by atoms with Gasteiger partial charge in [-0.1, -0.05) is 48.0 Å². The van der Waals surface area contributed by atoms with Gasteiger partial charge >= 0.3 is 0 Å². The van der Waals surface area contributed by atoms with E-state index in [1.165, 1.54) is 22.3 Å². The van der Waals surface area contributed by atoms with Gasteiger partial charge in [-0.25, -0.2) is 4.98 Å². The van der Waals surface area contributed by atoms with E-state index in [4.69, 9.17) is 11.6 Å². The molecule has 0 aliphatic rings. The molecule has 0 spiro atoms. The van der Waals surface area contributed by atoms with E-state index < -0.39 is 4.92 Å². The lowest BCUT2D eigenvalue weighted by molar-refractivity contribution is -0.385. The highest BCUT2D eigenvalue weighted by molar-refractivity contribution is 7.13. The van der Waals surface area contributed by atoms with Crippen molar-refractivity contribution in [1.82, 2.24) is 9.88 Å². The van der Waals surface area contributed by atoms with E-state index in [0.29, 0.717) is 16.3 Å². The minimum atomic E-state index is -0.441. The lowest BCUT2D eigenvalue weighted by Gasteiger charge is -2.16. The summed E-state index contributed by atoms with van der Waals surface area (Å²) < 4.78 is 0. The van der Waals surface area contributed by atoms with Crippen LogP contribution in [0, 0.1) is 10.1 Å². The van der Waals surface area contributed by atoms with Crippen LogP contribution in [-0.2, 0) is 17.8 Å². The van der Waals surface area contributed by atoms with Gasteiger partial charge in [-0.3, -0.25) is 14.9 Å². The summed E-state index contributed by atoms with van der Waals surface area (Å²) in [5, 5.41) is 14.3. The average Bonchev–Trinajstić information content (AvgIpc) is 3.10. The molecule has 138 valence electrons. The quantitative estimate of drug-likeness (QED) is 0.447. The molecular formula is C19H16ClN3O3S. The minimum Gasteiger partial charge on any atom is -0.341 e. The highest BCUT2D eigenvalue weighted by atomic mass is 35.5. The van der Waals surface area contributed by atoms with Crippen LogP contribution in [0.2, 0.25) is 5.02 Å². The third-order valence-electron chi connectivity index (χ3n) is 4.01. The predicted molar refractivity (Wildman–Crippen MR) is 106 cm³/mol. The van der Waals surface area contributed by atoms with Gasteiger partial charge in [0.2, 0.25) is 5.91 Å². The second-order valence-electron chi connectivity index (χ2n) is 5.94. The molecule has 0 aliphatic heterocycles. The minimum absolute atomic E-state index is 0.00631. The summed E-state index contributed by atoms with van der Waals surface area (Å²) >= 11 is 7.62. The number of carbonyl (C=O) groups excluding carboxylic acids is 1. The number of nitro benzene ring substituents is 1. The topological polar surface area (TPSA) is 76.3 Å². The maximum absolute atomic E-state index is 12.5. The first-order valence-corrected chi connectivity index (χ1v) is 9.37. The second kappa shape index (κ2) is 8.28. The SMILES string of the molecule is CN(Cc1ccccc1[N+](=O)[O-])C(=O)Cc1csc(-c2ccccc2Cl)n1. The molecule has 6 nitrogen and oxygen atoms in total. The van der Waals surface area contributed by atoms with Crippen molar-refractivity contribution in [3.63, 3.8) is 0 Å². The molecule has 0 N–H and O–H groups in total. The van der Waals surface area contributed by atoms with Gasteiger partial charge in [-0.05, 0) is 6.07 Å². The van der Waals surface area contributed by atoms with Crippen molar-refractivity contribution in [3.05, 3.63) is 80.3 Å². The third kappa shape index (κ3) is 4.50. The number of carbonyl (C=O) groups is 1. The number of likely N-dealkylation sites (N-methyl/N-ethyl adjacent to an activating group) is 1. The molecule has 0 saturated carbocycles. The third-order valence-corrected chi connectivity index (χ3v) is 5.26. The fourth-order valence-electron chi connectivity index (χ4n) is 2.60. The van der Waals surface area contributed by atoms with Gasteiger partial charge in [0.1, 0.15) is 5.01 Å². The van der Waals surface area contributed by atoms with E-state index in [1.807, 2.05) is 23.6 Å². The number of rotatable bonds is 6. The Morgan fingerprint density at radius 1 is 1.22 bits per heavy atom. The lowest BCUT2D eigenvalue weighted by Crippen LogP contribution is -2.28. The van der Waals surface area contributed by atoms with Crippen LogP contribution in [0.25, 0.3) is 10.6 Å². The number of hydrogen-bond acceptors (Lipinski definition) is 5. The Morgan fingerprint density at radius 2 is 1.93 bits per heavy atom. The van der Waals surface area contributed by atoms with Gasteiger partial charge in [-0.15, -0.1) is 11.3 Å². The van der Waals surface area contributed by atoms with Crippen LogP contribution in [-0.4, -0.2) is 27.8 Å². The Kier molecular flexibility index (Phi) is 5.83. The normalized spacial score (nSPS) is 10.6. The molecule has 0 aliphatic carbocycles. The monoisotopic (exact) mass is 401 g/mol. The largest absolute Gasteiger partial charge is 0.341 e. The Morgan fingerprint density at radius 3 is 2.67 bits per heavy atom. The van der Waals surface area contributed by atoms with Gasteiger partial charge < -0.3 is 4.90 Å². The Hall–Kier alpha value is -2.77. The summed E-state index contributed by atoms with van der Waals surface area (Å²) in [6.07, 6.45) is 0.123. The Balaban J connectivity index is 1.69. The summed E-state index contributed by atoms with van der Waals surface area (Å²) in [7, 11) is 1.63. The first-order chi connectivity index (χ1) is 13.0. The summed E-state index contributed by atoms with van der Waals surface area (Å²) in [4.78, 5) is 29.1. The van der Waals surface area contributed by atoms with Gasteiger partial charge in [0, 0.05) is 29.6 Å². The molecule has 1 aromatic heterocycles. The zero-order valence-electron chi connectivity index (χ0n) is 14.5.